The molecule has 25 heavy (non-hydrogen) atoms. The standard InChI is InChI=1S/C18H32N4O3/c1-19(2)18(24)21-8-5-16(6-9-21)22-7-3-4-15(14-22)17(23)20-10-12-25-13-11-20/h15-16H,3-14H2,1-2H3/t15-/m1/s1. The largest absolute Gasteiger partial charge is 0.378 e. The first kappa shape index (κ1) is 18.5. The van der Waals surface area contributed by atoms with Crippen LogP contribution in [0, 0.1) is 5.92 Å². The van der Waals surface area contributed by atoms with Gasteiger partial charge in [0, 0.05) is 52.9 Å². The highest BCUT2D eigenvalue weighted by molar-refractivity contribution is 5.79. The summed E-state index contributed by atoms with van der Waals surface area (Å²) in [5.41, 5.74) is 0. The molecule has 142 valence electrons. The average Bonchev–Trinajstić information content (AvgIpc) is 2.67. The van der Waals surface area contributed by atoms with Gasteiger partial charge >= 0.3 is 6.03 Å². The van der Waals surface area contributed by atoms with Crippen molar-refractivity contribution in [2.24, 2.45) is 5.92 Å². The Labute approximate surface area is 150 Å². The number of nitrogens with zero attached hydrogens (tertiary/aromatic N) is 4. The van der Waals surface area contributed by atoms with Gasteiger partial charge in [0.2, 0.25) is 5.91 Å². The fourth-order valence-electron chi connectivity index (χ4n) is 4.29. The van der Waals surface area contributed by atoms with Crippen molar-refractivity contribution in [3.05, 3.63) is 0 Å². The molecule has 0 N–H and O–H groups in total. The van der Waals surface area contributed by atoms with Crippen molar-refractivity contribution >= 4 is 11.9 Å². The summed E-state index contributed by atoms with van der Waals surface area (Å²) in [6.07, 6.45) is 4.12. The second-order valence-corrected chi connectivity index (χ2v) is 7.67. The third-order valence-electron chi connectivity index (χ3n) is 5.76. The van der Waals surface area contributed by atoms with Crippen LogP contribution in [0.25, 0.3) is 0 Å². The van der Waals surface area contributed by atoms with E-state index in [1.165, 1.54) is 0 Å². The molecule has 3 fully saturated rings. The number of likely N-dealkylation sites (tertiary alicyclic amines) is 2. The number of ether oxygens (including phenoxy) is 1. The molecule has 0 aromatic heterocycles. The SMILES string of the molecule is CN(C)C(=O)N1CCC(N2CCC[C@@H](C(=O)N3CCOCC3)C2)CC1. The molecule has 7 nitrogen and oxygen atoms in total. The van der Waals surface area contributed by atoms with Crippen LogP contribution < -0.4 is 0 Å². The number of hydrogen-bond acceptors (Lipinski definition) is 4. The number of carbonyl (C=O) groups is 2. The smallest absolute Gasteiger partial charge is 0.319 e. The van der Waals surface area contributed by atoms with E-state index < -0.39 is 0 Å². The van der Waals surface area contributed by atoms with Crippen LogP contribution in [0.1, 0.15) is 25.7 Å². The van der Waals surface area contributed by atoms with Gasteiger partial charge in [-0.05, 0) is 32.2 Å². The third kappa shape index (κ3) is 4.44. The molecule has 0 unspecified atom stereocenters. The molecule has 0 aromatic rings. The fourth-order valence-corrected chi connectivity index (χ4v) is 4.29. The first-order valence-corrected chi connectivity index (χ1v) is 9.63. The summed E-state index contributed by atoms with van der Waals surface area (Å²) < 4.78 is 5.36. The lowest BCUT2D eigenvalue weighted by atomic mass is 9.92. The Balaban J connectivity index is 1.50. The minimum absolute atomic E-state index is 0.109. The Hall–Kier alpha value is -1.34. The van der Waals surface area contributed by atoms with Crippen molar-refractivity contribution in [1.82, 2.24) is 19.6 Å². The quantitative estimate of drug-likeness (QED) is 0.734. The van der Waals surface area contributed by atoms with Gasteiger partial charge in [-0.3, -0.25) is 9.69 Å². The molecule has 3 saturated heterocycles. The number of piperidine rings is 2. The first-order chi connectivity index (χ1) is 12.1. The van der Waals surface area contributed by atoms with E-state index in [0.717, 1.165) is 65.0 Å². The second kappa shape index (κ2) is 8.36. The van der Waals surface area contributed by atoms with Gasteiger partial charge in [-0.15, -0.1) is 0 Å². The minimum Gasteiger partial charge on any atom is -0.378 e. The van der Waals surface area contributed by atoms with E-state index in [-0.39, 0.29) is 11.9 Å². The molecule has 0 saturated carbocycles. The Morgan fingerprint density at radius 2 is 1.60 bits per heavy atom. The predicted molar refractivity (Wildman–Crippen MR) is 95.4 cm³/mol. The predicted octanol–water partition coefficient (Wildman–Crippen LogP) is 0.703. The highest BCUT2D eigenvalue weighted by atomic mass is 16.5. The first-order valence-electron chi connectivity index (χ1n) is 9.63. The van der Waals surface area contributed by atoms with Crippen LogP contribution in [-0.4, -0.2) is 104 Å². The summed E-state index contributed by atoms with van der Waals surface area (Å²) in [5, 5.41) is 0. The zero-order chi connectivity index (χ0) is 17.8. The molecule has 7 heteroatoms. The Morgan fingerprint density at radius 1 is 0.920 bits per heavy atom. The van der Waals surface area contributed by atoms with Crippen molar-refractivity contribution in [2.45, 2.75) is 31.7 Å². The van der Waals surface area contributed by atoms with Crippen molar-refractivity contribution in [2.75, 3.05) is 66.6 Å². The number of morpholine rings is 1. The highest BCUT2D eigenvalue weighted by Crippen LogP contribution is 2.25. The van der Waals surface area contributed by atoms with E-state index in [9.17, 15) is 9.59 Å². The van der Waals surface area contributed by atoms with Gasteiger partial charge in [-0.25, -0.2) is 4.79 Å². The number of urea groups is 1. The second-order valence-electron chi connectivity index (χ2n) is 7.67. The van der Waals surface area contributed by atoms with Crippen LogP contribution in [0.3, 0.4) is 0 Å². The fraction of sp³-hybridized carbons (Fsp3) is 0.889. The van der Waals surface area contributed by atoms with Crippen molar-refractivity contribution < 1.29 is 14.3 Å². The molecule has 3 rings (SSSR count). The van der Waals surface area contributed by atoms with E-state index in [4.69, 9.17) is 4.74 Å². The Bertz CT molecular complexity index is 471. The van der Waals surface area contributed by atoms with Gasteiger partial charge in [0.15, 0.2) is 0 Å². The molecule has 0 aromatic carbocycles. The lowest BCUT2D eigenvalue weighted by Gasteiger charge is -2.43. The molecule has 0 bridgehead atoms. The van der Waals surface area contributed by atoms with Gasteiger partial charge in [0.25, 0.3) is 0 Å². The van der Waals surface area contributed by atoms with Crippen LogP contribution in [0.5, 0.6) is 0 Å². The van der Waals surface area contributed by atoms with E-state index >= 15 is 0 Å². The maximum absolute atomic E-state index is 12.8. The van der Waals surface area contributed by atoms with Crippen LogP contribution in [0.2, 0.25) is 0 Å². The summed E-state index contributed by atoms with van der Waals surface area (Å²) in [6.45, 7) is 6.41. The lowest BCUT2D eigenvalue weighted by molar-refractivity contribution is -0.141. The van der Waals surface area contributed by atoms with E-state index in [1.54, 1.807) is 19.0 Å². The molecule has 3 aliphatic heterocycles. The lowest BCUT2D eigenvalue weighted by Crippen LogP contribution is -2.53. The third-order valence-corrected chi connectivity index (χ3v) is 5.76. The molecular weight excluding hydrogens is 320 g/mol. The zero-order valence-electron chi connectivity index (χ0n) is 15.7. The summed E-state index contributed by atoms with van der Waals surface area (Å²) in [5.74, 6) is 0.446. The molecule has 3 heterocycles. The van der Waals surface area contributed by atoms with Crippen LogP contribution >= 0.6 is 0 Å². The van der Waals surface area contributed by atoms with E-state index in [0.29, 0.717) is 25.2 Å². The van der Waals surface area contributed by atoms with Gasteiger partial charge in [-0.1, -0.05) is 0 Å². The van der Waals surface area contributed by atoms with Crippen LogP contribution in [0.4, 0.5) is 4.79 Å². The molecule has 3 aliphatic rings. The normalized spacial score (nSPS) is 26.6. The summed E-state index contributed by atoms with van der Waals surface area (Å²) in [6, 6.07) is 0.615. The topological polar surface area (TPSA) is 56.3 Å². The molecule has 0 aliphatic carbocycles. The summed E-state index contributed by atoms with van der Waals surface area (Å²) in [7, 11) is 3.61. The van der Waals surface area contributed by atoms with Gasteiger partial charge < -0.3 is 19.4 Å². The van der Waals surface area contributed by atoms with Gasteiger partial charge in [0.05, 0.1) is 19.1 Å². The molecule has 1 atom stereocenters. The maximum atomic E-state index is 12.8. The minimum atomic E-state index is 0.109. The Morgan fingerprint density at radius 3 is 2.24 bits per heavy atom. The summed E-state index contributed by atoms with van der Waals surface area (Å²) >= 11 is 0. The molecule has 0 spiro atoms. The van der Waals surface area contributed by atoms with Crippen LogP contribution in [-0.2, 0) is 9.53 Å². The molecule has 0 radical (unpaired) electrons. The number of amides is 3. The Kier molecular flexibility index (Phi) is 6.17. The number of carbonyl (C=O) groups excluding carboxylic acids is 2. The average molecular weight is 352 g/mol. The summed E-state index contributed by atoms with van der Waals surface area (Å²) in [4.78, 5) is 32.9. The van der Waals surface area contributed by atoms with Gasteiger partial charge in [0.1, 0.15) is 0 Å². The number of hydrogen-bond donors (Lipinski definition) is 0. The van der Waals surface area contributed by atoms with E-state index in [1.807, 2.05) is 9.80 Å². The molecular formula is C18H32N4O3. The van der Waals surface area contributed by atoms with Crippen LogP contribution in [0.15, 0.2) is 0 Å². The van der Waals surface area contributed by atoms with Crippen molar-refractivity contribution in [3.8, 4) is 0 Å². The zero-order valence-corrected chi connectivity index (χ0v) is 15.7. The number of rotatable bonds is 2. The van der Waals surface area contributed by atoms with Gasteiger partial charge in [-0.2, -0.15) is 0 Å². The maximum Gasteiger partial charge on any atom is 0.319 e. The van der Waals surface area contributed by atoms with E-state index in [2.05, 4.69) is 4.90 Å². The van der Waals surface area contributed by atoms with Crippen molar-refractivity contribution in [1.29, 1.82) is 0 Å². The molecule has 3 amide bonds. The van der Waals surface area contributed by atoms with Crippen molar-refractivity contribution in [3.63, 3.8) is 0 Å². The highest BCUT2D eigenvalue weighted by Gasteiger charge is 2.34. The monoisotopic (exact) mass is 352 g/mol.